The molecule has 0 unspecified atom stereocenters. The number of ether oxygens (including phenoxy) is 1. The Morgan fingerprint density at radius 3 is 3.06 bits per heavy atom. The van der Waals surface area contributed by atoms with Gasteiger partial charge in [-0.15, -0.1) is 11.3 Å². The van der Waals surface area contributed by atoms with Gasteiger partial charge in [-0.3, -0.25) is 9.78 Å². The number of rotatable bonds is 4. The molecule has 0 aliphatic heterocycles. The van der Waals surface area contributed by atoms with E-state index < -0.39 is 0 Å². The summed E-state index contributed by atoms with van der Waals surface area (Å²) in [5, 5.41) is 0. The van der Waals surface area contributed by atoms with Crippen LogP contribution in [-0.2, 0) is 6.61 Å². The molecule has 0 N–H and O–H groups in total. The zero-order valence-corrected chi connectivity index (χ0v) is 9.53. The fourth-order valence-electron chi connectivity index (χ4n) is 1.23. The van der Waals surface area contributed by atoms with E-state index in [-0.39, 0.29) is 0 Å². The topological polar surface area (TPSA) is 52.1 Å². The molecule has 0 atom stereocenters. The number of pyridine rings is 1. The Morgan fingerprint density at radius 2 is 2.38 bits per heavy atom. The van der Waals surface area contributed by atoms with Gasteiger partial charge in [0.05, 0.1) is 10.4 Å². The number of nitrogens with zero attached hydrogens (tertiary/aromatic N) is 2. The Hall–Kier alpha value is -1.75. The highest BCUT2D eigenvalue weighted by Crippen LogP contribution is 2.17. The molecule has 2 aromatic heterocycles. The van der Waals surface area contributed by atoms with Gasteiger partial charge < -0.3 is 4.74 Å². The van der Waals surface area contributed by atoms with E-state index in [1.807, 2.05) is 13.0 Å². The van der Waals surface area contributed by atoms with E-state index in [9.17, 15) is 4.79 Å². The highest BCUT2D eigenvalue weighted by Gasteiger charge is 2.05. The molecule has 0 radical (unpaired) electrons. The fourth-order valence-corrected chi connectivity index (χ4v) is 1.74. The number of aryl methyl sites for hydroxylation is 1. The number of hydrogen-bond donors (Lipinski definition) is 0. The lowest BCUT2D eigenvalue weighted by molar-refractivity contribution is 0.111. The van der Waals surface area contributed by atoms with Gasteiger partial charge in [-0.05, 0) is 19.1 Å². The first kappa shape index (κ1) is 10.8. The van der Waals surface area contributed by atoms with Gasteiger partial charge in [0.1, 0.15) is 18.1 Å². The van der Waals surface area contributed by atoms with Crippen molar-refractivity contribution in [3.63, 3.8) is 0 Å². The third-order valence-electron chi connectivity index (χ3n) is 1.99. The van der Waals surface area contributed by atoms with Crippen LogP contribution < -0.4 is 4.74 Å². The standard InChI is InChI=1S/C11H10N2O2S/c1-8-2-3-11(10(5-14)13-8)15-6-9-4-12-7-16-9/h2-5,7H,6H2,1H3. The molecule has 0 saturated carbocycles. The summed E-state index contributed by atoms with van der Waals surface area (Å²) in [6.45, 7) is 2.25. The van der Waals surface area contributed by atoms with E-state index in [1.54, 1.807) is 17.8 Å². The van der Waals surface area contributed by atoms with E-state index in [1.165, 1.54) is 11.3 Å². The van der Waals surface area contributed by atoms with Gasteiger partial charge in [-0.2, -0.15) is 0 Å². The van der Waals surface area contributed by atoms with Crippen molar-refractivity contribution in [1.29, 1.82) is 0 Å². The molecule has 0 saturated heterocycles. The van der Waals surface area contributed by atoms with Gasteiger partial charge in [-0.25, -0.2) is 4.98 Å². The predicted octanol–water partition coefficient (Wildman–Crippen LogP) is 2.24. The van der Waals surface area contributed by atoms with Crippen LogP contribution in [0.1, 0.15) is 21.1 Å². The van der Waals surface area contributed by atoms with Crippen molar-refractivity contribution >= 4 is 17.6 Å². The van der Waals surface area contributed by atoms with Gasteiger partial charge in [0.15, 0.2) is 6.29 Å². The summed E-state index contributed by atoms with van der Waals surface area (Å²) >= 11 is 1.51. The van der Waals surface area contributed by atoms with Crippen molar-refractivity contribution in [3.8, 4) is 5.75 Å². The SMILES string of the molecule is Cc1ccc(OCc2cncs2)c(C=O)n1. The van der Waals surface area contributed by atoms with E-state index >= 15 is 0 Å². The molecule has 0 spiro atoms. The number of aldehydes is 1. The highest BCUT2D eigenvalue weighted by atomic mass is 32.1. The molecule has 82 valence electrons. The Bertz CT molecular complexity index is 483. The lowest BCUT2D eigenvalue weighted by Gasteiger charge is -2.06. The van der Waals surface area contributed by atoms with Gasteiger partial charge >= 0.3 is 0 Å². The zero-order valence-electron chi connectivity index (χ0n) is 8.71. The van der Waals surface area contributed by atoms with Crippen LogP contribution in [-0.4, -0.2) is 16.3 Å². The second kappa shape index (κ2) is 4.85. The van der Waals surface area contributed by atoms with E-state index in [0.29, 0.717) is 24.3 Å². The summed E-state index contributed by atoms with van der Waals surface area (Å²) in [4.78, 5) is 19.8. The molecule has 2 aromatic rings. The number of thiazole rings is 1. The Labute approximate surface area is 96.9 Å². The molecule has 0 bridgehead atoms. The summed E-state index contributed by atoms with van der Waals surface area (Å²) in [5.74, 6) is 0.508. The van der Waals surface area contributed by atoms with Crippen LogP contribution in [0.5, 0.6) is 5.75 Å². The van der Waals surface area contributed by atoms with Crippen molar-refractivity contribution in [1.82, 2.24) is 9.97 Å². The molecule has 16 heavy (non-hydrogen) atoms. The summed E-state index contributed by atoms with van der Waals surface area (Å²) in [6.07, 6.45) is 2.45. The first-order valence-corrected chi connectivity index (χ1v) is 5.60. The van der Waals surface area contributed by atoms with Crippen molar-refractivity contribution in [2.45, 2.75) is 13.5 Å². The molecule has 0 amide bonds. The quantitative estimate of drug-likeness (QED) is 0.761. The molecule has 0 aliphatic rings. The average molecular weight is 234 g/mol. The lowest BCUT2D eigenvalue weighted by atomic mass is 10.3. The van der Waals surface area contributed by atoms with Crippen molar-refractivity contribution in [2.24, 2.45) is 0 Å². The van der Waals surface area contributed by atoms with Crippen LogP contribution in [0, 0.1) is 6.92 Å². The van der Waals surface area contributed by atoms with Gasteiger partial charge in [-0.1, -0.05) is 0 Å². The number of carbonyl (C=O) groups is 1. The predicted molar refractivity (Wildman–Crippen MR) is 60.8 cm³/mol. The van der Waals surface area contributed by atoms with Crippen LogP contribution >= 0.6 is 11.3 Å². The maximum absolute atomic E-state index is 10.8. The highest BCUT2D eigenvalue weighted by molar-refractivity contribution is 7.09. The number of carbonyl (C=O) groups excluding carboxylic acids is 1. The molecule has 2 heterocycles. The first-order chi connectivity index (χ1) is 7.79. The monoisotopic (exact) mass is 234 g/mol. The molecule has 4 nitrogen and oxygen atoms in total. The van der Waals surface area contributed by atoms with Crippen molar-refractivity contribution < 1.29 is 9.53 Å². The second-order valence-corrected chi connectivity index (χ2v) is 4.18. The largest absolute Gasteiger partial charge is 0.486 e. The van der Waals surface area contributed by atoms with Crippen LogP contribution in [0.2, 0.25) is 0 Å². The summed E-state index contributed by atoms with van der Waals surface area (Å²) in [5.41, 5.74) is 2.88. The van der Waals surface area contributed by atoms with Crippen LogP contribution in [0.25, 0.3) is 0 Å². The second-order valence-electron chi connectivity index (χ2n) is 3.21. The molecular formula is C11H10N2O2S. The van der Waals surface area contributed by atoms with Crippen molar-refractivity contribution in [3.05, 3.63) is 40.1 Å². The maximum Gasteiger partial charge on any atom is 0.172 e. The number of hydrogen-bond acceptors (Lipinski definition) is 5. The molecule has 0 aromatic carbocycles. The minimum absolute atomic E-state index is 0.338. The van der Waals surface area contributed by atoms with Crippen LogP contribution in [0.4, 0.5) is 0 Å². The van der Waals surface area contributed by atoms with Gasteiger partial charge in [0.25, 0.3) is 0 Å². The van der Waals surface area contributed by atoms with Crippen molar-refractivity contribution in [2.75, 3.05) is 0 Å². The molecular weight excluding hydrogens is 224 g/mol. The molecule has 0 aliphatic carbocycles. The first-order valence-electron chi connectivity index (χ1n) is 4.72. The van der Waals surface area contributed by atoms with Crippen LogP contribution in [0.3, 0.4) is 0 Å². The van der Waals surface area contributed by atoms with E-state index in [4.69, 9.17) is 4.74 Å². The molecule has 2 rings (SSSR count). The summed E-state index contributed by atoms with van der Waals surface area (Å²) < 4.78 is 5.50. The Kier molecular flexibility index (Phi) is 3.26. The van der Waals surface area contributed by atoms with Crippen LogP contribution in [0.15, 0.2) is 23.8 Å². The van der Waals surface area contributed by atoms with Gasteiger partial charge in [0, 0.05) is 11.9 Å². The summed E-state index contributed by atoms with van der Waals surface area (Å²) in [7, 11) is 0. The Balaban J connectivity index is 2.12. The normalized spacial score (nSPS) is 10.1. The molecule has 0 fully saturated rings. The third kappa shape index (κ3) is 2.43. The lowest BCUT2D eigenvalue weighted by Crippen LogP contribution is -1.99. The average Bonchev–Trinajstić information content (AvgIpc) is 2.80. The minimum Gasteiger partial charge on any atom is -0.486 e. The zero-order chi connectivity index (χ0) is 11.4. The minimum atomic E-state index is 0.338. The summed E-state index contributed by atoms with van der Waals surface area (Å²) in [6, 6.07) is 3.57. The van der Waals surface area contributed by atoms with E-state index in [2.05, 4.69) is 9.97 Å². The third-order valence-corrected chi connectivity index (χ3v) is 2.74. The molecule has 5 heteroatoms. The fraction of sp³-hybridized carbons (Fsp3) is 0.182. The maximum atomic E-state index is 10.8. The smallest absolute Gasteiger partial charge is 0.172 e. The van der Waals surface area contributed by atoms with Gasteiger partial charge in [0.2, 0.25) is 0 Å². The Morgan fingerprint density at radius 1 is 1.50 bits per heavy atom. The van der Waals surface area contributed by atoms with E-state index in [0.717, 1.165) is 10.6 Å². The number of aromatic nitrogens is 2.